The Morgan fingerprint density at radius 1 is 1.15 bits per heavy atom. The molecule has 0 unspecified atom stereocenters. The number of oxime groups is 1. The van der Waals surface area contributed by atoms with Crippen LogP contribution in [-0.4, -0.2) is 10.9 Å². The zero-order chi connectivity index (χ0) is 14.5. The number of nitrogens with zero attached hydrogens (tertiary/aromatic N) is 1. The number of rotatable bonds is 4. The Balaban J connectivity index is 2.22. The highest BCUT2D eigenvalue weighted by molar-refractivity contribution is 6.00. The molecule has 0 saturated heterocycles. The minimum atomic E-state index is -0.464. The highest BCUT2D eigenvalue weighted by atomic mass is 19.1. The Bertz CT molecular complexity index is 642. The lowest BCUT2D eigenvalue weighted by Crippen LogP contribution is -2.03. The van der Waals surface area contributed by atoms with Gasteiger partial charge in [-0.3, -0.25) is 0 Å². The number of benzene rings is 2. The van der Waals surface area contributed by atoms with Crippen molar-refractivity contribution in [1.29, 1.82) is 0 Å². The van der Waals surface area contributed by atoms with Gasteiger partial charge in [-0.15, -0.1) is 0 Å². The third-order valence-corrected chi connectivity index (χ3v) is 2.77. The van der Waals surface area contributed by atoms with Crippen molar-refractivity contribution in [2.24, 2.45) is 5.16 Å². The van der Waals surface area contributed by atoms with E-state index in [9.17, 15) is 8.78 Å². The fourth-order valence-electron chi connectivity index (χ4n) is 1.76. The molecule has 2 aromatic carbocycles. The maximum Gasteiger partial charge on any atom is 0.131 e. The van der Waals surface area contributed by atoms with Crippen LogP contribution >= 0.6 is 0 Å². The summed E-state index contributed by atoms with van der Waals surface area (Å²) in [6.45, 7) is 1.66. The topological polar surface area (TPSA) is 41.8 Å². The Morgan fingerprint density at radius 3 is 2.60 bits per heavy atom. The van der Waals surface area contributed by atoms with E-state index >= 15 is 0 Å². The Kier molecular flexibility index (Phi) is 4.30. The lowest BCUT2D eigenvalue weighted by molar-refractivity contribution is 0.301. The predicted molar refractivity (Wildman–Crippen MR) is 71.1 cm³/mol. The van der Waals surface area contributed by atoms with E-state index in [2.05, 4.69) is 5.16 Å². The van der Waals surface area contributed by atoms with Gasteiger partial charge in [0, 0.05) is 11.6 Å². The van der Waals surface area contributed by atoms with Crippen molar-refractivity contribution in [3.8, 4) is 5.75 Å². The maximum atomic E-state index is 13.3. The molecule has 0 aliphatic heterocycles. The fraction of sp³-hybridized carbons (Fsp3) is 0.133. The van der Waals surface area contributed by atoms with Crippen LogP contribution in [-0.2, 0) is 6.61 Å². The smallest absolute Gasteiger partial charge is 0.131 e. The number of ether oxygens (including phenoxy) is 1. The summed E-state index contributed by atoms with van der Waals surface area (Å²) in [5.41, 5.74) is 1.41. The maximum absolute atomic E-state index is 13.3. The molecule has 0 amide bonds. The molecule has 0 radical (unpaired) electrons. The summed E-state index contributed by atoms with van der Waals surface area (Å²) < 4.78 is 31.8. The second kappa shape index (κ2) is 6.14. The molecule has 0 aromatic heterocycles. The second-order valence-electron chi connectivity index (χ2n) is 4.24. The van der Waals surface area contributed by atoms with Gasteiger partial charge in [-0.05, 0) is 36.8 Å². The molecule has 0 aliphatic carbocycles. The Morgan fingerprint density at radius 2 is 1.90 bits per heavy atom. The molecule has 5 heteroatoms. The highest BCUT2D eigenvalue weighted by Crippen LogP contribution is 2.22. The van der Waals surface area contributed by atoms with Crippen molar-refractivity contribution in [1.82, 2.24) is 0 Å². The number of halogens is 2. The van der Waals surface area contributed by atoms with E-state index in [-0.39, 0.29) is 18.2 Å². The summed E-state index contributed by atoms with van der Waals surface area (Å²) in [5, 5.41) is 11.9. The first-order valence-electron chi connectivity index (χ1n) is 5.96. The minimum absolute atomic E-state index is 0.0902. The van der Waals surface area contributed by atoms with E-state index < -0.39 is 5.82 Å². The van der Waals surface area contributed by atoms with Crippen molar-refractivity contribution in [2.75, 3.05) is 0 Å². The van der Waals surface area contributed by atoms with Gasteiger partial charge < -0.3 is 9.94 Å². The lowest BCUT2D eigenvalue weighted by Gasteiger charge is -2.11. The highest BCUT2D eigenvalue weighted by Gasteiger charge is 2.09. The van der Waals surface area contributed by atoms with Gasteiger partial charge in [0.1, 0.15) is 24.0 Å². The van der Waals surface area contributed by atoms with Gasteiger partial charge in [0.25, 0.3) is 0 Å². The van der Waals surface area contributed by atoms with Crippen molar-refractivity contribution in [3.63, 3.8) is 0 Å². The molecular formula is C15H13F2NO2. The molecule has 0 aliphatic rings. The molecule has 2 aromatic rings. The van der Waals surface area contributed by atoms with Gasteiger partial charge in [-0.2, -0.15) is 0 Å². The van der Waals surface area contributed by atoms with Crippen LogP contribution in [0.3, 0.4) is 0 Å². The zero-order valence-corrected chi connectivity index (χ0v) is 10.8. The summed E-state index contributed by atoms with van der Waals surface area (Å²) in [5.74, 6) is -0.586. The van der Waals surface area contributed by atoms with Gasteiger partial charge in [0.05, 0.1) is 5.71 Å². The number of hydrogen-bond donors (Lipinski definition) is 1. The normalized spacial score (nSPS) is 11.4. The van der Waals surface area contributed by atoms with E-state index in [1.165, 1.54) is 30.3 Å². The molecule has 0 atom stereocenters. The van der Waals surface area contributed by atoms with Gasteiger partial charge >= 0.3 is 0 Å². The molecular weight excluding hydrogens is 264 g/mol. The van der Waals surface area contributed by atoms with Gasteiger partial charge in [-0.25, -0.2) is 8.78 Å². The first-order chi connectivity index (χ1) is 9.60. The van der Waals surface area contributed by atoms with Crippen molar-refractivity contribution in [2.45, 2.75) is 13.5 Å². The molecule has 0 saturated carbocycles. The molecule has 2 rings (SSSR count). The Labute approximate surface area is 115 Å². The molecule has 0 fully saturated rings. The molecule has 0 spiro atoms. The third-order valence-electron chi connectivity index (χ3n) is 2.77. The largest absolute Gasteiger partial charge is 0.488 e. The first kappa shape index (κ1) is 14.0. The van der Waals surface area contributed by atoms with Crippen LogP contribution in [0.1, 0.15) is 18.1 Å². The molecule has 20 heavy (non-hydrogen) atoms. The minimum Gasteiger partial charge on any atom is -0.488 e. The molecule has 0 bridgehead atoms. The first-order valence-corrected chi connectivity index (χ1v) is 5.96. The second-order valence-corrected chi connectivity index (χ2v) is 4.24. The van der Waals surface area contributed by atoms with Crippen LogP contribution < -0.4 is 4.74 Å². The van der Waals surface area contributed by atoms with Gasteiger partial charge in [0.15, 0.2) is 0 Å². The van der Waals surface area contributed by atoms with E-state index in [0.717, 1.165) is 0 Å². The zero-order valence-electron chi connectivity index (χ0n) is 10.8. The summed E-state index contributed by atoms with van der Waals surface area (Å²) >= 11 is 0. The molecule has 104 valence electrons. The van der Waals surface area contributed by atoms with Crippen LogP contribution in [0.25, 0.3) is 0 Å². The SMILES string of the molecule is CC(=NO)c1ccc(F)cc1OCc1cccc(F)c1. The van der Waals surface area contributed by atoms with E-state index in [4.69, 9.17) is 9.94 Å². The fourth-order valence-corrected chi connectivity index (χ4v) is 1.76. The van der Waals surface area contributed by atoms with Crippen LogP contribution in [0.2, 0.25) is 0 Å². The van der Waals surface area contributed by atoms with Crippen LogP contribution in [0, 0.1) is 11.6 Å². The van der Waals surface area contributed by atoms with Crippen LogP contribution in [0.15, 0.2) is 47.6 Å². The van der Waals surface area contributed by atoms with Gasteiger partial charge in [-0.1, -0.05) is 17.3 Å². The van der Waals surface area contributed by atoms with Crippen LogP contribution in [0.5, 0.6) is 5.75 Å². The van der Waals surface area contributed by atoms with Crippen molar-refractivity contribution in [3.05, 3.63) is 65.2 Å². The standard InChI is InChI=1S/C15H13F2NO2/c1-10(18-19)14-6-5-13(17)8-15(14)20-9-11-3-2-4-12(16)7-11/h2-8,19H,9H2,1H3. The van der Waals surface area contributed by atoms with E-state index in [1.54, 1.807) is 19.1 Å². The Hall–Kier alpha value is -2.43. The molecule has 0 heterocycles. The van der Waals surface area contributed by atoms with Crippen LogP contribution in [0.4, 0.5) is 8.78 Å². The van der Waals surface area contributed by atoms with Crippen molar-refractivity contribution < 1.29 is 18.7 Å². The average Bonchev–Trinajstić information content (AvgIpc) is 2.44. The predicted octanol–water partition coefficient (Wildman–Crippen LogP) is 3.74. The summed E-state index contributed by atoms with van der Waals surface area (Å²) in [6.07, 6.45) is 0. The number of hydrogen-bond acceptors (Lipinski definition) is 3. The van der Waals surface area contributed by atoms with Crippen molar-refractivity contribution >= 4 is 5.71 Å². The summed E-state index contributed by atoms with van der Waals surface area (Å²) in [7, 11) is 0. The van der Waals surface area contributed by atoms with E-state index in [0.29, 0.717) is 16.8 Å². The summed E-state index contributed by atoms with van der Waals surface area (Å²) in [6, 6.07) is 9.86. The molecule has 1 N–H and O–H groups in total. The monoisotopic (exact) mass is 277 g/mol. The van der Waals surface area contributed by atoms with Gasteiger partial charge in [0.2, 0.25) is 0 Å². The average molecular weight is 277 g/mol. The summed E-state index contributed by atoms with van der Waals surface area (Å²) in [4.78, 5) is 0. The quantitative estimate of drug-likeness (QED) is 0.525. The molecule has 3 nitrogen and oxygen atoms in total. The third kappa shape index (κ3) is 3.32. The van der Waals surface area contributed by atoms with E-state index in [1.807, 2.05) is 0 Å². The lowest BCUT2D eigenvalue weighted by atomic mass is 10.1.